The fourth-order valence-corrected chi connectivity index (χ4v) is 6.36. The van der Waals surface area contributed by atoms with Crippen molar-refractivity contribution in [1.82, 2.24) is 9.80 Å². The number of thioether (sulfide) groups is 2. The van der Waals surface area contributed by atoms with Crippen LogP contribution in [0.1, 0.15) is 23.6 Å². The van der Waals surface area contributed by atoms with Gasteiger partial charge in [-0.25, -0.2) is 4.99 Å². The Kier molecular flexibility index (Phi) is 7.35. The van der Waals surface area contributed by atoms with E-state index in [1.165, 1.54) is 11.8 Å². The lowest BCUT2D eigenvalue weighted by molar-refractivity contribution is -0.122. The van der Waals surface area contributed by atoms with Gasteiger partial charge in [-0.15, -0.1) is 0 Å². The first-order chi connectivity index (χ1) is 18.1. The third-order valence-electron chi connectivity index (χ3n) is 5.97. The van der Waals surface area contributed by atoms with Gasteiger partial charge in [0.2, 0.25) is 0 Å². The van der Waals surface area contributed by atoms with Gasteiger partial charge in [0.25, 0.3) is 5.91 Å². The molecule has 6 nitrogen and oxygen atoms in total. The van der Waals surface area contributed by atoms with E-state index in [9.17, 15) is 10.1 Å². The molecular formula is C29H25N5OS2. The van der Waals surface area contributed by atoms with E-state index >= 15 is 0 Å². The molecule has 0 atom stereocenters. The number of nitrogens with zero attached hydrogens (tertiary/aromatic N) is 4. The molecule has 2 heterocycles. The maximum Gasteiger partial charge on any atom is 0.269 e. The molecule has 0 aromatic heterocycles. The molecule has 1 saturated heterocycles. The van der Waals surface area contributed by atoms with Crippen molar-refractivity contribution in [3.8, 4) is 6.07 Å². The maximum absolute atomic E-state index is 13.9. The molecule has 0 saturated carbocycles. The first kappa shape index (κ1) is 24.8. The van der Waals surface area contributed by atoms with Crippen molar-refractivity contribution in [3.05, 3.63) is 111 Å². The number of nitriles is 1. The number of carbonyl (C=O) groups excluding carboxylic acids is 1. The second-order valence-electron chi connectivity index (χ2n) is 8.43. The number of benzene rings is 3. The normalized spacial score (nSPS) is 18.4. The predicted molar refractivity (Wildman–Crippen MR) is 154 cm³/mol. The highest BCUT2D eigenvalue weighted by Crippen LogP contribution is 2.46. The largest absolute Gasteiger partial charge is 0.384 e. The highest BCUT2D eigenvalue weighted by molar-refractivity contribution is 8.19. The smallest absolute Gasteiger partial charge is 0.269 e. The number of aliphatic imine (C=N–C) groups is 1. The number of nitrogens with one attached hydrogen (secondary N) is 1. The molecule has 0 radical (unpaired) electrons. The van der Waals surface area contributed by atoms with E-state index in [2.05, 4.69) is 33.8 Å². The van der Waals surface area contributed by atoms with E-state index < -0.39 is 0 Å². The van der Waals surface area contributed by atoms with Gasteiger partial charge < -0.3 is 10.2 Å². The van der Waals surface area contributed by atoms with Crippen LogP contribution in [0.3, 0.4) is 0 Å². The Bertz CT molecular complexity index is 1460. The molecule has 8 heteroatoms. The molecule has 1 fully saturated rings. The number of amides is 1. The van der Waals surface area contributed by atoms with Crippen LogP contribution in [0.2, 0.25) is 0 Å². The van der Waals surface area contributed by atoms with Crippen molar-refractivity contribution in [2.75, 3.05) is 18.9 Å². The average molecular weight is 524 g/mol. The van der Waals surface area contributed by atoms with E-state index in [1.807, 2.05) is 68.6 Å². The molecule has 0 spiro atoms. The standard InChI is InChI=1S/C29H25N5OS2/c1-3-31-23-15-14-21(17-30)16-24(23)32-29-34(18-20-10-6-4-7-11-20)27(35)26(37-29)28-33(2)25(19-36-28)22-12-8-5-9-13-22/h4-16,19,31H,3,18H2,1-2H3/b28-26-,32-29?. The summed E-state index contributed by atoms with van der Waals surface area (Å²) in [6, 6.07) is 27.6. The number of amidine groups is 1. The van der Waals surface area contributed by atoms with Gasteiger partial charge in [0, 0.05) is 19.0 Å². The van der Waals surface area contributed by atoms with E-state index in [1.54, 1.807) is 28.8 Å². The first-order valence-corrected chi connectivity index (χ1v) is 13.6. The summed E-state index contributed by atoms with van der Waals surface area (Å²) < 4.78 is 0. The Morgan fingerprint density at radius 3 is 2.46 bits per heavy atom. The summed E-state index contributed by atoms with van der Waals surface area (Å²) in [5.41, 5.74) is 5.15. The highest BCUT2D eigenvalue weighted by Gasteiger charge is 2.38. The number of rotatable bonds is 6. The third kappa shape index (κ3) is 5.15. The summed E-state index contributed by atoms with van der Waals surface area (Å²) in [5, 5.41) is 16.3. The lowest BCUT2D eigenvalue weighted by Crippen LogP contribution is -2.29. The van der Waals surface area contributed by atoms with Crippen molar-refractivity contribution in [2.24, 2.45) is 4.99 Å². The predicted octanol–water partition coefficient (Wildman–Crippen LogP) is 6.60. The van der Waals surface area contributed by atoms with Crippen LogP contribution < -0.4 is 5.32 Å². The molecule has 2 aliphatic rings. The number of anilines is 1. The van der Waals surface area contributed by atoms with E-state index in [0.717, 1.165) is 27.5 Å². The van der Waals surface area contributed by atoms with Crippen molar-refractivity contribution in [1.29, 1.82) is 5.26 Å². The van der Waals surface area contributed by atoms with Crippen LogP contribution in [-0.2, 0) is 11.3 Å². The quantitative estimate of drug-likeness (QED) is 0.367. The molecule has 2 aliphatic heterocycles. The summed E-state index contributed by atoms with van der Waals surface area (Å²) in [7, 11) is 1.99. The molecule has 37 heavy (non-hydrogen) atoms. The maximum atomic E-state index is 13.9. The third-order valence-corrected chi connectivity index (χ3v) is 8.21. The number of carbonyl (C=O) groups is 1. The van der Waals surface area contributed by atoms with Crippen LogP contribution in [0.4, 0.5) is 11.4 Å². The summed E-state index contributed by atoms with van der Waals surface area (Å²) in [6.07, 6.45) is 0. The lowest BCUT2D eigenvalue weighted by atomic mass is 10.1. The fraction of sp³-hybridized carbons (Fsp3) is 0.138. The summed E-state index contributed by atoms with van der Waals surface area (Å²) in [6.45, 7) is 3.13. The minimum Gasteiger partial charge on any atom is -0.384 e. The highest BCUT2D eigenvalue weighted by atomic mass is 32.2. The number of hydrogen-bond acceptors (Lipinski definition) is 7. The summed E-state index contributed by atoms with van der Waals surface area (Å²) in [5.74, 6) is -0.0777. The molecule has 184 valence electrons. The summed E-state index contributed by atoms with van der Waals surface area (Å²) >= 11 is 2.93. The number of hydrogen-bond donors (Lipinski definition) is 1. The average Bonchev–Trinajstić information content (AvgIpc) is 3.45. The lowest BCUT2D eigenvalue weighted by Gasteiger charge is -2.19. The van der Waals surface area contributed by atoms with Crippen molar-refractivity contribution < 1.29 is 4.79 Å². The monoisotopic (exact) mass is 523 g/mol. The summed E-state index contributed by atoms with van der Waals surface area (Å²) in [4.78, 5) is 23.2. The zero-order chi connectivity index (χ0) is 25.8. The van der Waals surface area contributed by atoms with Gasteiger partial charge in [-0.2, -0.15) is 5.26 Å². The topological polar surface area (TPSA) is 71.7 Å². The van der Waals surface area contributed by atoms with Gasteiger partial charge in [0.15, 0.2) is 5.17 Å². The molecule has 1 N–H and O–H groups in total. The molecule has 0 aliphatic carbocycles. The second kappa shape index (κ2) is 11.0. The molecule has 3 aromatic rings. The molecular weight excluding hydrogens is 498 g/mol. The zero-order valence-corrected chi connectivity index (χ0v) is 22.1. The first-order valence-electron chi connectivity index (χ1n) is 11.9. The molecule has 0 bridgehead atoms. The zero-order valence-electron chi connectivity index (χ0n) is 20.5. The minimum absolute atomic E-state index is 0.0777. The Morgan fingerprint density at radius 2 is 1.76 bits per heavy atom. The van der Waals surface area contributed by atoms with Crippen LogP contribution in [0.5, 0.6) is 0 Å². The molecule has 1 amide bonds. The van der Waals surface area contributed by atoms with Gasteiger partial charge >= 0.3 is 0 Å². The molecule has 0 unspecified atom stereocenters. The van der Waals surface area contributed by atoms with Gasteiger partial charge in [0.05, 0.1) is 40.3 Å². The minimum atomic E-state index is -0.0777. The van der Waals surface area contributed by atoms with E-state index in [-0.39, 0.29) is 5.91 Å². The second-order valence-corrected chi connectivity index (χ2v) is 10.3. The van der Waals surface area contributed by atoms with Crippen molar-refractivity contribution in [2.45, 2.75) is 13.5 Å². The van der Waals surface area contributed by atoms with E-state index in [4.69, 9.17) is 4.99 Å². The van der Waals surface area contributed by atoms with Gasteiger partial charge in [-0.1, -0.05) is 72.4 Å². The Morgan fingerprint density at radius 1 is 1.03 bits per heavy atom. The van der Waals surface area contributed by atoms with Gasteiger partial charge in [-0.3, -0.25) is 9.69 Å². The van der Waals surface area contributed by atoms with Crippen LogP contribution in [0.15, 0.2) is 99.2 Å². The van der Waals surface area contributed by atoms with Crippen molar-refractivity contribution in [3.63, 3.8) is 0 Å². The SMILES string of the molecule is CCNc1ccc(C#N)cc1N=C1S/C(=C2\SC=C(c3ccccc3)N2C)C(=O)N1Cc1ccccc1. The Labute approximate surface area is 225 Å². The van der Waals surface area contributed by atoms with Gasteiger partial charge in [-0.05, 0) is 48.0 Å². The Hall–Kier alpha value is -3.93. The van der Waals surface area contributed by atoms with Crippen LogP contribution >= 0.6 is 23.5 Å². The fourth-order valence-electron chi connectivity index (χ4n) is 4.12. The molecule has 3 aromatic carbocycles. The Balaban J connectivity index is 1.55. The van der Waals surface area contributed by atoms with Crippen molar-refractivity contribution >= 4 is 51.7 Å². The molecule has 5 rings (SSSR count). The van der Waals surface area contributed by atoms with E-state index in [0.29, 0.717) is 34.4 Å². The van der Waals surface area contributed by atoms with Crippen LogP contribution in [0.25, 0.3) is 5.70 Å². The van der Waals surface area contributed by atoms with Gasteiger partial charge in [0.1, 0.15) is 4.91 Å². The van der Waals surface area contributed by atoms with Crippen LogP contribution in [0, 0.1) is 11.3 Å². The van der Waals surface area contributed by atoms with Crippen LogP contribution in [-0.4, -0.2) is 34.5 Å².